The van der Waals surface area contributed by atoms with E-state index in [9.17, 15) is 14.4 Å². The zero-order valence-electron chi connectivity index (χ0n) is 16.0. The third-order valence-corrected chi connectivity index (χ3v) is 6.27. The van der Waals surface area contributed by atoms with Crippen LogP contribution in [0.2, 0.25) is 0 Å². The highest BCUT2D eigenvalue weighted by Crippen LogP contribution is 2.31. The van der Waals surface area contributed by atoms with Crippen molar-refractivity contribution < 1.29 is 9.59 Å². The molecule has 1 atom stereocenters. The van der Waals surface area contributed by atoms with Crippen molar-refractivity contribution in [3.63, 3.8) is 0 Å². The van der Waals surface area contributed by atoms with Crippen LogP contribution >= 0.6 is 11.3 Å². The zero-order chi connectivity index (χ0) is 19.8. The standard InChI is InChI=1S/C21H23N3O3S/c1-12(2)10-16-20(26)22-8-5-9-24(16)21(27)17-11-14-18(28-17)13-6-3-4-7-15(13)23-19(14)25/h3-4,6-7,11-12,16H,5,8-10H2,1-2H3,(H,22,26)(H,23,25). The molecule has 1 aliphatic rings. The molecule has 6 nitrogen and oxygen atoms in total. The Labute approximate surface area is 166 Å². The number of hydrogen-bond donors (Lipinski definition) is 2. The Balaban J connectivity index is 1.79. The highest BCUT2D eigenvalue weighted by Gasteiger charge is 2.33. The predicted octanol–water partition coefficient (Wildman–Crippen LogP) is 3.12. The van der Waals surface area contributed by atoms with E-state index in [1.54, 1.807) is 11.0 Å². The molecule has 2 N–H and O–H groups in total. The molecular formula is C21H23N3O3S. The van der Waals surface area contributed by atoms with Gasteiger partial charge in [-0.1, -0.05) is 32.0 Å². The van der Waals surface area contributed by atoms with Crippen LogP contribution in [0.1, 0.15) is 36.4 Å². The average Bonchev–Trinajstić information content (AvgIpc) is 3.04. The lowest BCUT2D eigenvalue weighted by molar-refractivity contribution is -0.125. The number of pyridine rings is 1. The van der Waals surface area contributed by atoms with Gasteiger partial charge in [-0.25, -0.2) is 0 Å². The van der Waals surface area contributed by atoms with Crippen LogP contribution in [0.3, 0.4) is 0 Å². The molecule has 1 saturated heterocycles. The van der Waals surface area contributed by atoms with Gasteiger partial charge in [-0.05, 0) is 30.9 Å². The van der Waals surface area contributed by atoms with Crippen LogP contribution in [0.25, 0.3) is 21.0 Å². The highest BCUT2D eigenvalue weighted by atomic mass is 32.1. The van der Waals surface area contributed by atoms with Gasteiger partial charge >= 0.3 is 0 Å². The number of H-pyrrole nitrogens is 1. The smallest absolute Gasteiger partial charge is 0.264 e. The second kappa shape index (κ2) is 7.39. The number of para-hydroxylation sites is 1. The van der Waals surface area contributed by atoms with E-state index in [1.165, 1.54) is 11.3 Å². The molecule has 146 valence electrons. The van der Waals surface area contributed by atoms with Crippen molar-refractivity contribution in [3.8, 4) is 0 Å². The number of benzene rings is 1. The third kappa shape index (κ3) is 3.30. The van der Waals surface area contributed by atoms with E-state index in [0.29, 0.717) is 35.7 Å². The Hall–Kier alpha value is -2.67. The van der Waals surface area contributed by atoms with Crippen molar-refractivity contribution in [3.05, 3.63) is 45.6 Å². The Morgan fingerprint density at radius 3 is 2.82 bits per heavy atom. The van der Waals surface area contributed by atoms with Gasteiger partial charge in [0.05, 0.1) is 10.3 Å². The molecule has 1 aliphatic heterocycles. The molecule has 0 saturated carbocycles. The van der Waals surface area contributed by atoms with Crippen LogP contribution in [0.5, 0.6) is 0 Å². The summed E-state index contributed by atoms with van der Waals surface area (Å²) in [5.41, 5.74) is 0.559. The molecule has 2 amide bonds. The molecule has 3 aromatic rings. The zero-order valence-corrected chi connectivity index (χ0v) is 16.8. The molecule has 1 unspecified atom stereocenters. The maximum Gasteiger partial charge on any atom is 0.264 e. The highest BCUT2D eigenvalue weighted by molar-refractivity contribution is 7.21. The Morgan fingerprint density at radius 1 is 1.25 bits per heavy atom. The van der Waals surface area contributed by atoms with Crippen LogP contribution in [0, 0.1) is 5.92 Å². The second-order valence-electron chi connectivity index (χ2n) is 7.64. The number of carbonyl (C=O) groups excluding carboxylic acids is 2. The minimum atomic E-state index is -0.477. The van der Waals surface area contributed by atoms with Gasteiger partial charge in [-0.2, -0.15) is 0 Å². The van der Waals surface area contributed by atoms with E-state index in [1.807, 2.05) is 38.1 Å². The first kappa shape index (κ1) is 18.7. The summed E-state index contributed by atoms with van der Waals surface area (Å²) in [6.07, 6.45) is 1.34. The molecule has 0 radical (unpaired) electrons. The van der Waals surface area contributed by atoms with E-state index in [4.69, 9.17) is 0 Å². The van der Waals surface area contributed by atoms with Crippen molar-refractivity contribution in [2.75, 3.05) is 13.1 Å². The van der Waals surface area contributed by atoms with Crippen LogP contribution in [-0.4, -0.2) is 40.8 Å². The summed E-state index contributed by atoms with van der Waals surface area (Å²) in [7, 11) is 0. The lowest BCUT2D eigenvalue weighted by Gasteiger charge is -2.29. The number of fused-ring (bicyclic) bond motifs is 3. The third-order valence-electron chi connectivity index (χ3n) is 5.12. The van der Waals surface area contributed by atoms with Gasteiger partial charge in [0, 0.05) is 28.7 Å². The molecule has 0 bridgehead atoms. The van der Waals surface area contributed by atoms with E-state index in [2.05, 4.69) is 10.3 Å². The molecule has 4 rings (SSSR count). The Morgan fingerprint density at radius 2 is 2.04 bits per heavy atom. The number of aromatic amines is 1. The number of carbonyl (C=O) groups is 2. The number of rotatable bonds is 3. The minimum Gasteiger partial charge on any atom is -0.354 e. The van der Waals surface area contributed by atoms with Gasteiger partial charge < -0.3 is 15.2 Å². The van der Waals surface area contributed by atoms with Crippen LogP contribution < -0.4 is 10.9 Å². The van der Waals surface area contributed by atoms with E-state index >= 15 is 0 Å². The van der Waals surface area contributed by atoms with Crippen molar-refractivity contribution in [2.45, 2.75) is 32.7 Å². The van der Waals surface area contributed by atoms with Crippen molar-refractivity contribution >= 4 is 44.1 Å². The summed E-state index contributed by atoms with van der Waals surface area (Å²) < 4.78 is 0.808. The molecule has 0 aliphatic carbocycles. The fourth-order valence-electron chi connectivity index (χ4n) is 3.79. The van der Waals surface area contributed by atoms with Gasteiger partial charge in [-0.15, -0.1) is 11.3 Å². The summed E-state index contributed by atoms with van der Waals surface area (Å²) in [6.45, 7) is 5.20. The summed E-state index contributed by atoms with van der Waals surface area (Å²) in [6, 6.07) is 8.78. The molecule has 1 fully saturated rings. The molecular weight excluding hydrogens is 374 g/mol. The van der Waals surface area contributed by atoms with Gasteiger partial charge in [0.1, 0.15) is 6.04 Å². The second-order valence-corrected chi connectivity index (χ2v) is 8.69. The first-order chi connectivity index (χ1) is 13.5. The molecule has 3 heterocycles. The van der Waals surface area contributed by atoms with E-state index in [0.717, 1.165) is 22.0 Å². The summed E-state index contributed by atoms with van der Waals surface area (Å²) >= 11 is 1.33. The summed E-state index contributed by atoms with van der Waals surface area (Å²) in [5, 5.41) is 4.36. The van der Waals surface area contributed by atoms with Crippen LogP contribution in [0.15, 0.2) is 35.1 Å². The molecule has 2 aromatic heterocycles. The number of aromatic nitrogens is 1. The number of thiophene rings is 1. The number of hydrogen-bond acceptors (Lipinski definition) is 4. The topological polar surface area (TPSA) is 82.3 Å². The number of nitrogens with zero attached hydrogens (tertiary/aromatic N) is 1. The Kier molecular flexibility index (Phi) is 4.93. The maximum atomic E-state index is 13.4. The maximum absolute atomic E-state index is 13.4. The van der Waals surface area contributed by atoms with Gasteiger partial charge in [0.2, 0.25) is 5.91 Å². The molecule has 7 heteroatoms. The minimum absolute atomic E-state index is 0.0936. The first-order valence-corrected chi connectivity index (χ1v) is 10.4. The fourth-order valence-corrected chi connectivity index (χ4v) is 4.94. The van der Waals surface area contributed by atoms with Crippen molar-refractivity contribution in [1.29, 1.82) is 0 Å². The number of amides is 2. The number of nitrogens with one attached hydrogen (secondary N) is 2. The lowest BCUT2D eigenvalue weighted by atomic mass is 10.0. The van der Waals surface area contributed by atoms with Crippen molar-refractivity contribution in [1.82, 2.24) is 15.2 Å². The normalized spacial score (nSPS) is 17.9. The molecule has 1 aromatic carbocycles. The Bertz CT molecular complexity index is 1110. The van der Waals surface area contributed by atoms with Crippen LogP contribution in [-0.2, 0) is 4.79 Å². The summed E-state index contributed by atoms with van der Waals surface area (Å²) in [4.78, 5) is 43.4. The lowest BCUT2D eigenvalue weighted by Crippen LogP contribution is -2.47. The van der Waals surface area contributed by atoms with E-state index < -0.39 is 6.04 Å². The van der Waals surface area contributed by atoms with Crippen molar-refractivity contribution in [2.24, 2.45) is 5.92 Å². The van der Waals surface area contributed by atoms with Gasteiger partial charge in [-0.3, -0.25) is 14.4 Å². The summed E-state index contributed by atoms with van der Waals surface area (Å²) in [5.74, 6) is 0.0229. The molecule has 0 spiro atoms. The molecule has 28 heavy (non-hydrogen) atoms. The fraction of sp³-hybridized carbons (Fsp3) is 0.381. The average molecular weight is 398 g/mol. The monoisotopic (exact) mass is 397 g/mol. The quantitative estimate of drug-likeness (QED) is 0.712. The largest absolute Gasteiger partial charge is 0.354 e. The van der Waals surface area contributed by atoms with Gasteiger partial charge in [0.25, 0.3) is 11.5 Å². The predicted molar refractivity (Wildman–Crippen MR) is 112 cm³/mol. The van der Waals surface area contributed by atoms with E-state index in [-0.39, 0.29) is 17.4 Å². The van der Waals surface area contributed by atoms with Crippen LogP contribution in [0.4, 0.5) is 0 Å². The first-order valence-electron chi connectivity index (χ1n) is 9.59. The van der Waals surface area contributed by atoms with Gasteiger partial charge in [0.15, 0.2) is 0 Å². The SMILES string of the molecule is CC(C)CC1C(=O)NCCCN1C(=O)c1cc2c(=O)[nH]c3ccccc3c2s1.